The molecule has 1 aromatic rings. The third kappa shape index (κ3) is 10.3. The Morgan fingerprint density at radius 3 is 1.82 bits per heavy atom. The molecule has 0 bridgehead atoms. The lowest BCUT2D eigenvalue weighted by Gasteiger charge is -2.31. The molecule has 2 aliphatic heterocycles. The fourth-order valence-electron chi connectivity index (χ4n) is 6.48. The van der Waals surface area contributed by atoms with Crippen LogP contribution in [0.25, 0.3) is 22.6 Å². The fourth-order valence-corrected chi connectivity index (χ4v) is 6.48. The minimum absolute atomic E-state index is 0.281. The Labute approximate surface area is 266 Å². The summed E-state index contributed by atoms with van der Waals surface area (Å²) in [5, 5.41) is 0. The van der Waals surface area contributed by atoms with Crippen molar-refractivity contribution in [3.63, 3.8) is 0 Å². The summed E-state index contributed by atoms with van der Waals surface area (Å²) < 4.78 is 3.30. The lowest BCUT2D eigenvalue weighted by Crippen LogP contribution is -2.42. The number of nitrogens with two attached hydrogens (primary N) is 1. The van der Waals surface area contributed by atoms with Crippen molar-refractivity contribution in [1.82, 2.24) is 19.1 Å². The van der Waals surface area contributed by atoms with Gasteiger partial charge in [-0.25, -0.2) is 9.78 Å². The van der Waals surface area contributed by atoms with E-state index >= 15 is 0 Å². The van der Waals surface area contributed by atoms with Crippen molar-refractivity contribution >= 4 is 11.0 Å². The van der Waals surface area contributed by atoms with Gasteiger partial charge in [0.2, 0.25) is 0 Å². The number of fused-ring (bicyclic) bond motifs is 2. The molecule has 2 aliphatic rings. The largest absolute Gasteiger partial charge is 0.352 e. The Balaban J connectivity index is 1.60. The van der Waals surface area contributed by atoms with Gasteiger partial charge in [-0.2, -0.15) is 4.98 Å². The van der Waals surface area contributed by atoms with Crippen LogP contribution in [0.3, 0.4) is 0 Å². The predicted molar refractivity (Wildman–Crippen MR) is 186 cm³/mol. The zero-order chi connectivity index (χ0) is 32.1. The predicted octanol–water partition coefficient (Wildman–Crippen LogP) is 8.70. The molecule has 7 nitrogen and oxygen atoms in total. The van der Waals surface area contributed by atoms with Gasteiger partial charge in [0, 0.05) is 18.6 Å². The number of aryl methyl sites for hydroxylation is 3. The van der Waals surface area contributed by atoms with Gasteiger partial charge in [0.25, 0.3) is 5.56 Å². The van der Waals surface area contributed by atoms with E-state index in [9.17, 15) is 9.59 Å². The van der Waals surface area contributed by atoms with Gasteiger partial charge in [0.15, 0.2) is 11.5 Å². The highest BCUT2D eigenvalue weighted by Crippen LogP contribution is 2.27. The molecule has 0 fully saturated rings. The van der Waals surface area contributed by atoms with E-state index in [0.717, 1.165) is 47.8 Å². The molecule has 1 aromatic carbocycles. The first kappa shape index (κ1) is 35.9. The number of rotatable bonds is 21. The average molecular weight is 608 g/mol. The van der Waals surface area contributed by atoms with Crippen LogP contribution in [-0.4, -0.2) is 24.6 Å². The van der Waals surface area contributed by atoms with Crippen LogP contribution in [0.2, 0.25) is 0 Å². The van der Waals surface area contributed by atoms with E-state index in [1.807, 2.05) is 10.6 Å². The second kappa shape index (κ2) is 17.8. The Kier molecular flexibility index (Phi) is 14.6. The molecular weight excluding hydrogens is 546 g/mol. The molecule has 3 rings (SSSR count). The van der Waals surface area contributed by atoms with Crippen molar-refractivity contribution in [3.05, 3.63) is 44.1 Å². The summed E-state index contributed by atoms with van der Waals surface area (Å²) in [6, 6.07) is 4.13. The SMILES string of the molecule is CCCCCCCCCCCCCCC(CCCn1c(=O)nc2n(CCCC)c3cc(C)c(C)cc3nc-2c1=O)C(C)(C)N. The zero-order valence-electron chi connectivity index (χ0n) is 28.8. The molecule has 0 saturated heterocycles. The minimum Gasteiger partial charge on any atom is -0.325 e. The number of hydrogen-bond acceptors (Lipinski definition) is 5. The fraction of sp³-hybridized carbons (Fsp3) is 0.730. The molecule has 2 heterocycles. The van der Waals surface area contributed by atoms with E-state index in [1.165, 1.54) is 81.6 Å². The maximum atomic E-state index is 13.7. The maximum Gasteiger partial charge on any atom is 0.352 e. The molecule has 0 saturated carbocycles. The maximum absolute atomic E-state index is 13.7. The van der Waals surface area contributed by atoms with Gasteiger partial charge in [-0.05, 0) is 82.6 Å². The molecule has 1 atom stereocenters. The monoisotopic (exact) mass is 607 g/mol. The Hall–Kier alpha value is -2.54. The van der Waals surface area contributed by atoms with Gasteiger partial charge in [0.05, 0.1) is 11.0 Å². The molecule has 0 aliphatic carbocycles. The van der Waals surface area contributed by atoms with Crippen LogP contribution in [0.5, 0.6) is 0 Å². The van der Waals surface area contributed by atoms with Crippen LogP contribution < -0.4 is 17.0 Å². The number of hydrogen-bond donors (Lipinski definition) is 1. The average Bonchev–Trinajstić information content (AvgIpc) is 2.97. The van der Waals surface area contributed by atoms with Crippen molar-refractivity contribution < 1.29 is 0 Å². The smallest absolute Gasteiger partial charge is 0.325 e. The van der Waals surface area contributed by atoms with E-state index in [1.54, 1.807) is 0 Å². The summed E-state index contributed by atoms with van der Waals surface area (Å²) in [4.78, 5) is 36.0. The summed E-state index contributed by atoms with van der Waals surface area (Å²) in [5.74, 6) is 0.739. The summed E-state index contributed by atoms with van der Waals surface area (Å²) in [5.41, 5.74) is 9.74. The van der Waals surface area contributed by atoms with E-state index in [4.69, 9.17) is 10.7 Å². The molecule has 0 aromatic heterocycles. The van der Waals surface area contributed by atoms with Gasteiger partial charge in [-0.3, -0.25) is 9.36 Å². The van der Waals surface area contributed by atoms with Crippen LogP contribution in [0.1, 0.15) is 148 Å². The molecule has 0 radical (unpaired) electrons. The molecule has 0 amide bonds. The summed E-state index contributed by atoms with van der Waals surface area (Å²) >= 11 is 0. The van der Waals surface area contributed by atoms with Crippen molar-refractivity contribution in [2.24, 2.45) is 11.7 Å². The lowest BCUT2D eigenvalue weighted by molar-refractivity contribution is 0.264. The molecule has 246 valence electrons. The van der Waals surface area contributed by atoms with Gasteiger partial charge < -0.3 is 10.3 Å². The highest BCUT2D eigenvalue weighted by Gasteiger charge is 2.25. The second-order valence-corrected chi connectivity index (χ2v) is 13.9. The molecule has 2 N–H and O–H groups in total. The van der Waals surface area contributed by atoms with Crippen molar-refractivity contribution in [2.75, 3.05) is 0 Å². The first-order valence-electron chi connectivity index (χ1n) is 17.8. The van der Waals surface area contributed by atoms with Crippen LogP contribution in [0, 0.1) is 19.8 Å². The number of benzene rings is 1. The van der Waals surface area contributed by atoms with E-state index in [-0.39, 0.29) is 16.8 Å². The van der Waals surface area contributed by atoms with E-state index < -0.39 is 5.69 Å². The second-order valence-electron chi connectivity index (χ2n) is 13.9. The van der Waals surface area contributed by atoms with Crippen LogP contribution >= 0.6 is 0 Å². The highest BCUT2D eigenvalue weighted by molar-refractivity contribution is 5.81. The molecule has 0 spiro atoms. The summed E-state index contributed by atoms with van der Waals surface area (Å²) in [7, 11) is 0. The molecule has 7 heteroatoms. The van der Waals surface area contributed by atoms with Crippen LogP contribution in [-0.2, 0) is 13.1 Å². The van der Waals surface area contributed by atoms with Gasteiger partial charge in [-0.1, -0.05) is 97.3 Å². The van der Waals surface area contributed by atoms with Crippen LogP contribution in [0.4, 0.5) is 0 Å². The van der Waals surface area contributed by atoms with Gasteiger partial charge in [-0.15, -0.1) is 0 Å². The first-order chi connectivity index (χ1) is 21.1. The van der Waals surface area contributed by atoms with Crippen LogP contribution in [0.15, 0.2) is 21.7 Å². The Bertz CT molecular complexity index is 1380. The highest BCUT2D eigenvalue weighted by atomic mass is 16.2. The van der Waals surface area contributed by atoms with Crippen molar-refractivity contribution in [1.29, 1.82) is 0 Å². The Morgan fingerprint density at radius 1 is 0.705 bits per heavy atom. The third-order valence-corrected chi connectivity index (χ3v) is 9.59. The lowest BCUT2D eigenvalue weighted by atomic mass is 9.81. The molecule has 1 unspecified atom stereocenters. The zero-order valence-corrected chi connectivity index (χ0v) is 28.8. The summed E-state index contributed by atoms with van der Waals surface area (Å²) in [6.07, 6.45) is 20.7. The number of unbranched alkanes of at least 4 members (excludes halogenated alkanes) is 12. The van der Waals surface area contributed by atoms with Gasteiger partial charge in [0.1, 0.15) is 0 Å². The van der Waals surface area contributed by atoms with Crippen molar-refractivity contribution in [3.8, 4) is 11.5 Å². The topological polar surface area (TPSA) is 95.8 Å². The van der Waals surface area contributed by atoms with Gasteiger partial charge >= 0.3 is 5.69 Å². The Morgan fingerprint density at radius 2 is 1.23 bits per heavy atom. The van der Waals surface area contributed by atoms with E-state index in [0.29, 0.717) is 31.3 Å². The third-order valence-electron chi connectivity index (χ3n) is 9.59. The number of aromatic nitrogens is 4. The molecular formula is C37H61N5O2. The summed E-state index contributed by atoms with van der Waals surface area (Å²) in [6.45, 7) is 13.8. The van der Waals surface area contributed by atoms with Crippen molar-refractivity contribution in [2.45, 2.75) is 169 Å². The minimum atomic E-state index is -0.484. The quantitative estimate of drug-likeness (QED) is 0.0965. The van der Waals surface area contributed by atoms with E-state index in [2.05, 4.69) is 52.6 Å². The normalized spacial score (nSPS) is 12.9. The molecule has 44 heavy (non-hydrogen) atoms. The first-order valence-corrected chi connectivity index (χ1v) is 17.8. The number of nitrogens with zero attached hydrogens (tertiary/aromatic N) is 4. The standard InChI is InChI=1S/C37H61N5O2/c1-7-9-11-12-13-14-15-16-17-18-19-20-22-30(37(5,6)38)23-21-25-42-35(43)33-34(40-36(42)44)41(24-10-8-2)32-27-29(4)28(3)26-31(32)39-33/h26-27,30H,7-25,38H2,1-6H3.